The fourth-order valence-electron chi connectivity index (χ4n) is 7.34. The predicted octanol–water partition coefficient (Wildman–Crippen LogP) is 1.57. The molecule has 2 unspecified atom stereocenters. The number of aliphatic hydroxyl groups is 2. The van der Waals surface area contributed by atoms with Gasteiger partial charge in [0.05, 0.1) is 18.1 Å². The van der Waals surface area contributed by atoms with E-state index in [9.17, 15) is 19.8 Å². The van der Waals surface area contributed by atoms with E-state index in [1.54, 1.807) is 12.2 Å². The Hall–Kier alpha value is -1.30. The van der Waals surface area contributed by atoms with Crippen LogP contribution in [0.4, 0.5) is 0 Å². The van der Waals surface area contributed by atoms with Gasteiger partial charge in [-0.05, 0) is 62.0 Å². The number of rotatable bonds is 2. The van der Waals surface area contributed by atoms with Crippen molar-refractivity contribution in [1.29, 1.82) is 0 Å². The van der Waals surface area contributed by atoms with E-state index in [4.69, 9.17) is 4.74 Å². The molecule has 2 N–H and O–H groups in total. The first-order valence-corrected chi connectivity index (χ1v) is 9.71. The number of ether oxygens (including phenoxy) is 1. The van der Waals surface area contributed by atoms with Gasteiger partial charge in [0.15, 0.2) is 11.6 Å². The van der Waals surface area contributed by atoms with Crippen molar-refractivity contribution in [3.05, 3.63) is 23.8 Å². The van der Waals surface area contributed by atoms with Crippen molar-refractivity contribution in [2.45, 2.75) is 57.3 Å². The smallest absolute Gasteiger partial charge is 0.178 e. The zero-order valence-corrected chi connectivity index (χ0v) is 15.3. The summed E-state index contributed by atoms with van der Waals surface area (Å²) in [5, 5.41) is 20.1. The molecule has 0 radical (unpaired) electrons. The normalized spacial score (nSPS) is 53.9. The van der Waals surface area contributed by atoms with Gasteiger partial charge in [0.25, 0.3) is 0 Å². The lowest BCUT2D eigenvalue weighted by Crippen LogP contribution is -2.57. The summed E-state index contributed by atoms with van der Waals surface area (Å²) >= 11 is 0. The standard InChI is InChI=1S/C21H26O5/c1-19-9-17-21(26-17)13(14(19)8-15(24)18(19)16(25)10-22)4-3-11-7-12(23)5-6-20(11,21)2/h5-7,13-15,17-18,22,24H,3-4,8-10H2,1-2H3/t13-,14-,15?,17?,18+,19-,20-,21-/m0/s1. The molecule has 0 amide bonds. The van der Waals surface area contributed by atoms with Crippen LogP contribution >= 0.6 is 0 Å². The zero-order valence-electron chi connectivity index (χ0n) is 15.3. The molecule has 0 aromatic rings. The zero-order chi connectivity index (χ0) is 18.5. The Labute approximate surface area is 153 Å². The molecule has 4 aliphatic carbocycles. The molecule has 4 fully saturated rings. The Kier molecular flexibility index (Phi) is 3.20. The number of epoxide rings is 1. The van der Waals surface area contributed by atoms with Gasteiger partial charge in [-0.15, -0.1) is 0 Å². The summed E-state index contributed by atoms with van der Waals surface area (Å²) in [4.78, 5) is 24.2. The second kappa shape index (κ2) is 4.94. The van der Waals surface area contributed by atoms with Gasteiger partial charge >= 0.3 is 0 Å². The fourth-order valence-corrected chi connectivity index (χ4v) is 7.34. The van der Waals surface area contributed by atoms with Crippen molar-refractivity contribution in [2.75, 3.05) is 6.61 Å². The Morgan fingerprint density at radius 1 is 1.35 bits per heavy atom. The predicted molar refractivity (Wildman–Crippen MR) is 93.1 cm³/mol. The summed E-state index contributed by atoms with van der Waals surface area (Å²) in [5.74, 6) is -0.247. The number of hydrogen-bond donors (Lipinski definition) is 2. The number of aliphatic hydroxyl groups excluding tert-OH is 2. The molecule has 3 saturated carbocycles. The van der Waals surface area contributed by atoms with Crippen LogP contribution in [0, 0.1) is 28.6 Å². The molecule has 8 atom stereocenters. The van der Waals surface area contributed by atoms with Crippen molar-refractivity contribution < 1.29 is 24.5 Å². The third-order valence-electron chi connectivity index (χ3n) is 8.46. The van der Waals surface area contributed by atoms with Crippen LogP contribution in [0.25, 0.3) is 0 Å². The highest BCUT2D eigenvalue weighted by Crippen LogP contribution is 2.75. The van der Waals surface area contributed by atoms with E-state index in [1.807, 2.05) is 6.08 Å². The highest BCUT2D eigenvalue weighted by molar-refractivity contribution is 6.01. The second-order valence-electron chi connectivity index (χ2n) is 9.37. The van der Waals surface area contributed by atoms with Crippen LogP contribution in [0.2, 0.25) is 0 Å². The maximum Gasteiger partial charge on any atom is 0.178 e. The number of ketones is 2. The van der Waals surface area contributed by atoms with E-state index < -0.39 is 18.6 Å². The maximum atomic E-state index is 12.4. The van der Waals surface area contributed by atoms with Crippen molar-refractivity contribution in [2.24, 2.45) is 28.6 Å². The summed E-state index contributed by atoms with van der Waals surface area (Å²) in [7, 11) is 0. The van der Waals surface area contributed by atoms with Gasteiger partial charge in [-0.2, -0.15) is 0 Å². The SMILES string of the molecule is C[C@]12CC3O[C@@]34[C@@H](CCC3=CC(=O)C=C[C@@]34C)[C@@H]1CC(O)[C@@H]2C(=O)CO. The Balaban J connectivity index is 1.57. The van der Waals surface area contributed by atoms with E-state index in [2.05, 4.69) is 13.8 Å². The highest BCUT2D eigenvalue weighted by Gasteiger charge is 2.79. The van der Waals surface area contributed by atoms with Crippen LogP contribution < -0.4 is 0 Å². The Bertz CT molecular complexity index is 768. The van der Waals surface area contributed by atoms with Crippen LogP contribution in [0.1, 0.15) is 39.5 Å². The molecule has 0 bridgehead atoms. The van der Waals surface area contributed by atoms with Gasteiger partial charge in [-0.3, -0.25) is 9.59 Å². The van der Waals surface area contributed by atoms with E-state index in [-0.39, 0.29) is 45.9 Å². The molecule has 1 aliphatic heterocycles. The monoisotopic (exact) mass is 358 g/mol. The molecule has 26 heavy (non-hydrogen) atoms. The molecule has 0 aromatic heterocycles. The first kappa shape index (κ1) is 16.8. The molecule has 0 aromatic carbocycles. The van der Waals surface area contributed by atoms with Crippen LogP contribution in [0.5, 0.6) is 0 Å². The molecule has 5 rings (SSSR count). The second-order valence-corrected chi connectivity index (χ2v) is 9.37. The number of Topliss-reactive ketones (excluding diaryl/α,β-unsaturated/α-hetero) is 1. The molecule has 1 heterocycles. The molecule has 5 nitrogen and oxygen atoms in total. The van der Waals surface area contributed by atoms with Gasteiger partial charge in [0.2, 0.25) is 0 Å². The molecule has 1 spiro atoms. The largest absolute Gasteiger partial charge is 0.392 e. The van der Waals surface area contributed by atoms with E-state index >= 15 is 0 Å². The lowest BCUT2D eigenvalue weighted by molar-refractivity contribution is -0.134. The molecular formula is C21H26O5. The average Bonchev–Trinajstić information content (AvgIpc) is 3.24. The van der Waals surface area contributed by atoms with Gasteiger partial charge in [0, 0.05) is 5.41 Å². The minimum absolute atomic E-state index is 0.0413. The molecule has 140 valence electrons. The number of fused-ring (bicyclic) bond motifs is 3. The summed E-state index contributed by atoms with van der Waals surface area (Å²) in [6.07, 6.45) is 7.92. The minimum Gasteiger partial charge on any atom is -0.392 e. The molecule has 5 heteroatoms. The highest BCUT2D eigenvalue weighted by atomic mass is 16.6. The first-order chi connectivity index (χ1) is 12.3. The summed E-state index contributed by atoms with van der Waals surface area (Å²) in [6, 6.07) is 0. The third-order valence-corrected chi connectivity index (χ3v) is 8.46. The van der Waals surface area contributed by atoms with Crippen molar-refractivity contribution in [3.63, 3.8) is 0 Å². The fraction of sp³-hybridized carbons (Fsp3) is 0.714. The van der Waals surface area contributed by atoms with Gasteiger partial charge in [-0.25, -0.2) is 0 Å². The van der Waals surface area contributed by atoms with Gasteiger partial charge in [0.1, 0.15) is 12.2 Å². The van der Waals surface area contributed by atoms with E-state index in [0.29, 0.717) is 6.42 Å². The van der Waals surface area contributed by atoms with Crippen LogP contribution in [-0.2, 0) is 14.3 Å². The molecular weight excluding hydrogens is 332 g/mol. The van der Waals surface area contributed by atoms with Crippen LogP contribution in [0.15, 0.2) is 23.8 Å². The topological polar surface area (TPSA) is 87.1 Å². The van der Waals surface area contributed by atoms with Gasteiger partial charge < -0.3 is 14.9 Å². The van der Waals surface area contributed by atoms with Crippen molar-refractivity contribution in [3.8, 4) is 0 Å². The van der Waals surface area contributed by atoms with E-state index in [1.165, 1.54) is 0 Å². The van der Waals surface area contributed by atoms with E-state index in [0.717, 1.165) is 24.8 Å². The molecule has 1 saturated heterocycles. The lowest BCUT2D eigenvalue weighted by atomic mass is 9.47. The number of allylic oxidation sites excluding steroid dienone is 2. The number of carbonyl (C=O) groups excluding carboxylic acids is 2. The summed E-state index contributed by atoms with van der Waals surface area (Å²) < 4.78 is 6.42. The minimum atomic E-state index is -0.688. The summed E-state index contributed by atoms with van der Waals surface area (Å²) in [5.41, 5.74) is 0.240. The number of carbonyl (C=O) groups is 2. The molecule has 5 aliphatic rings. The van der Waals surface area contributed by atoms with Crippen molar-refractivity contribution in [1.82, 2.24) is 0 Å². The van der Waals surface area contributed by atoms with Crippen molar-refractivity contribution >= 4 is 11.6 Å². The maximum absolute atomic E-state index is 12.4. The van der Waals surface area contributed by atoms with Crippen LogP contribution in [-0.4, -0.2) is 46.2 Å². The third kappa shape index (κ3) is 1.73. The van der Waals surface area contributed by atoms with Gasteiger partial charge in [-0.1, -0.05) is 18.6 Å². The average molecular weight is 358 g/mol. The van der Waals surface area contributed by atoms with Crippen LogP contribution in [0.3, 0.4) is 0 Å². The Morgan fingerprint density at radius 3 is 2.85 bits per heavy atom. The first-order valence-electron chi connectivity index (χ1n) is 9.71. The number of hydrogen-bond acceptors (Lipinski definition) is 5. The lowest BCUT2D eigenvalue weighted by Gasteiger charge is -2.54. The quantitative estimate of drug-likeness (QED) is 0.732. The summed E-state index contributed by atoms with van der Waals surface area (Å²) in [6.45, 7) is 3.77. The Morgan fingerprint density at radius 2 is 2.12 bits per heavy atom.